The lowest BCUT2D eigenvalue weighted by atomic mass is 9.89. The van der Waals surface area contributed by atoms with Gasteiger partial charge in [0.25, 0.3) is 0 Å². The second-order valence-electron chi connectivity index (χ2n) is 6.71. The molecular weight excluding hydrogens is 294 g/mol. The number of carboxylic acid groups (broad SMARTS) is 1. The van der Waals surface area contributed by atoms with Crippen LogP contribution >= 0.6 is 0 Å². The Morgan fingerprint density at radius 1 is 1.22 bits per heavy atom. The first-order valence-corrected chi connectivity index (χ1v) is 8.34. The summed E-state index contributed by atoms with van der Waals surface area (Å²) in [5.41, 5.74) is 1.02. The van der Waals surface area contributed by atoms with Gasteiger partial charge in [-0.3, -0.25) is 4.79 Å². The summed E-state index contributed by atoms with van der Waals surface area (Å²) >= 11 is 0. The van der Waals surface area contributed by atoms with Crippen LogP contribution in [0.1, 0.15) is 37.2 Å². The molecule has 0 aromatic heterocycles. The average molecular weight is 319 g/mol. The average Bonchev–Trinajstić information content (AvgIpc) is 3.16. The third-order valence-electron chi connectivity index (χ3n) is 5.03. The largest absolute Gasteiger partial charge is 0.493 e. The monoisotopic (exact) mass is 319 g/mol. The highest BCUT2D eigenvalue weighted by atomic mass is 16.5. The maximum atomic E-state index is 11.5. The highest BCUT2D eigenvalue weighted by molar-refractivity contribution is 5.72. The standard InChI is InChI=1S/C18H25NO4/c1-19-10-14(15(11-19)18(20)21)12-7-8-16(22-2)17(9-12)23-13-5-3-4-6-13/h7-9,13-15H,3-6,10-11H2,1-2H3,(H,20,21)/t14-,15+/m1/s1. The molecule has 1 aliphatic carbocycles. The van der Waals surface area contributed by atoms with Gasteiger partial charge in [-0.1, -0.05) is 6.07 Å². The molecule has 5 heteroatoms. The van der Waals surface area contributed by atoms with Crippen LogP contribution in [0.25, 0.3) is 0 Å². The van der Waals surface area contributed by atoms with E-state index in [0.29, 0.717) is 6.54 Å². The van der Waals surface area contributed by atoms with Crippen molar-refractivity contribution >= 4 is 5.97 Å². The van der Waals surface area contributed by atoms with E-state index in [-0.39, 0.29) is 17.9 Å². The molecule has 0 amide bonds. The molecule has 1 saturated carbocycles. The van der Waals surface area contributed by atoms with Crippen LogP contribution in [0.3, 0.4) is 0 Å². The molecule has 1 heterocycles. The zero-order chi connectivity index (χ0) is 16.4. The van der Waals surface area contributed by atoms with Crippen molar-refractivity contribution in [2.24, 2.45) is 5.92 Å². The summed E-state index contributed by atoms with van der Waals surface area (Å²) in [7, 11) is 3.61. The van der Waals surface area contributed by atoms with Crippen molar-refractivity contribution in [3.05, 3.63) is 23.8 Å². The fourth-order valence-electron chi connectivity index (χ4n) is 3.79. The van der Waals surface area contributed by atoms with E-state index in [4.69, 9.17) is 9.47 Å². The van der Waals surface area contributed by atoms with E-state index in [1.54, 1.807) is 7.11 Å². The smallest absolute Gasteiger partial charge is 0.308 e. The highest BCUT2D eigenvalue weighted by Gasteiger charge is 2.37. The van der Waals surface area contributed by atoms with Gasteiger partial charge in [-0.25, -0.2) is 0 Å². The summed E-state index contributed by atoms with van der Waals surface area (Å²) in [6.45, 7) is 1.34. The highest BCUT2D eigenvalue weighted by Crippen LogP contribution is 2.38. The van der Waals surface area contributed by atoms with Crippen LogP contribution in [0.4, 0.5) is 0 Å². The molecule has 0 unspecified atom stereocenters. The van der Waals surface area contributed by atoms with E-state index >= 15 is 0 Å². The van der Waals surface area contributed by atoms with E-state index in [1.165, 1.54) is 12.8 Å². The minimum absolute atomic E-state index is 0.00525. The van der Waals surface area contributed by atoms with Crippen molar-refractivity contribution in [3.63, 3.8) is 0 Å². The minimum Gasteiger partial charge on any atom is -0.493 e. The fourth-order valence-corrected chi connectivity index (χ4v) is 3.79. The number of carboxylic acids is 1. The Bertz CT molecular complexity index is 568. The molecule has 0 radical (unpaired) electrons. The van der Waals surface area contributed by atoms with E-state index in [2.05, 4.69) is 4.90 Å². The van der Waals surface area contributed by atoms with Crippen molar-refractivity contribution in [1.29, 1.82) is 0 Å². The number of likely N-dealkylation sites (tertiary alicyclic amines) is 1. The number of carbonyl (C=O) groups is 1. The third-order valence-corrected chi connectivity index (χ3v) is 5.03. The number of ether oxygens (including phenoxy) is 2. The van der Waals surface area contributed by atoms with Crippen LogP contribution < -0.4 is 9.47 Å². The van der Waals surface area contributed by atoms with E-state index in [9.17, 15) is 9.90 Å². The molecule has 126 valence electrons. The normalized spacial score (nSPS) is 25.7. The predicted octanol–water partition coefficient (Wildman–Crippen LogP) is 2.75. The topological polar surface area (TPSA) is 59.0 Å². The van der Waals surface area contributed by atoms with Gasteiger partial charge in [0.05, 0.1) is 19.1 Å². The van der Waals surface area contributed by atoms with E-state index < -0.39 is 5.97 Å². The van der Waals surface area contributed by atoms with Crippen LogP contribution in [0.5, 0.6) is 11.5 Å². The Morgan fingerprint density at radius 3 is 2.61 bits per heavy atom. The first-order valence-electron chi connectivity index (χ1n) is 8.34. The summed E-state index contributed by atoms with van der Waals surface area (Å²) in [5.74, 6) is 0.366. The van der Waals surface area contributed by atoms with Gasteiger partial charge in [0.2, 0.25) is 0 Å². The molecular formula is C18H25NO4. The van der Waals surface area contributed by atoms with Crippen molar-refractivity contribution in [3.8, 4) is 11.5 Å². The van der Waals surface area contributed by atoms with Gasteiger partial charge in [0.15, 0.2) is 11.5 Å². The lowest BCUT2D eigenvalue weighted by molar-refractivity contribution is -0.141. The van der Waals surface area contributed by atoms with Gasteiger partial charge in [-0.05, 0) is 50.4 Å². The SMILES string of the molecule is COc1ccc([C@H]2CN(C)C[C@@H]2C(=O)O)cc1OC1CCCC1. The Hall–Kier alpha value is -1.75. The number of methoxy groups -OCH3 is 1. The maximum Gasteiger partial charge on any atom is 0.308 e. The molecule has 5 nitrogen and oxygen atoms in total. The molecule has 1 saturated heterocycles. The minimum atomic E-state index is -0.728. The quantitative estimate of drug-likeness (QED) is 0.904. The van der Waals surface area contributed by atoms with Gasteiger partial charge in [0, 0.05) is 19.0 Å². The Balaban J connectivity index is 1.85. The summed E-state index contributed by atoms with van der Waals surface area (Å²) in [6, 6.07) is 5.86. The van der Waals surface area contributed by atoms with Gasteiger partial charge in [-0.2, -0.15) is 0 Å². The summed E-state index contributed by atoms with van der Waals surface area (Å²) in [6.07, 6.45) is 4.83. The second-order valence-corrected chi connectivity index (χ2v) is 6.71. The van der Waals surface area contributed by atoms with Crippen LogP contribution in [-0.2, 0) is 4.79 Å². The van der Waals surface area contributed by atoms with Gasteiger partial charge < -0.3 is 19.5 Å². The van der Waals surface area contributed by atoms with Crippen LogP contribution in [-0.4, -0.2) is 49.3 Å². The predicted molar refractivity (Wildman–Crippen MR) is 87.2 cm³/mol. The number of hydrogen-bond acceptors (Lipinski definition) is 4. The van der Waals surface area contributed by atoms with Gasteiger partial charge in [0.1, 0.15) is 0 Å². The number of likely N-dealkylation sites (N-methyl/N-ethyl adjacent to an activating group) is 1. The van der Waals surface area contributed by atoms with Crippen molar-refractivity contribution in [2.45, 2.75) is 37.7 Å². The van der Waals surface area contributed by atoms with Crippen LogP contribution in [0.2, 0.25) is 0 Å². The number of hydrogen-bond donors (Lipinski definition) is 1. The zero-order valence-corrected chi connectivity index (χ0v) is 13.8. The van der Waals surface area contributed by atoms with E-state index in [1.807, 2.05) is 25.2 Å². The number of nitrogens with zero attached hydrogens (tertiary/aromatic N) is 1. The fraction of sp³-hybridized carbons (Fsp3) is 0.611. The number of rotatable bonds is 5. The summed E-state index contributed by atoms with van der Waals surface area (Å²) in [5, 5.41) is 9.48. The van der Waals surface area contributed by atoms with Crippen LogP contribution in [0, 0.1) is 5.92 Å². The molecule has 1 aliphatic heterocycles. The zero-order valence-electron chi connectivity index (χ0n) is 13.8. The third kappa shape index (κ3) is 3.44. The van der Waals surface area contributed by atoms with Crippen LogP contribution in [0.15, 0.2) is 18.2 Å². The lowest BCUT2D eigenvalue weighted by Crippen LogP contribution is -2.21. The Kier molecular flexibility index (Phi) is 4.76. The Morgan fingerprint density at radius 2 is 1.96 bits per heavy atom. The molecule has 0 bridgehead atoms. The molecule has 1 aromatic rings. The van der Waals surface area contributed by atoms with Crippen molar-refractivity contribution in [2.75, 3.05) is 27.2 Å². The van der Waals surface area contributed by atoms with Crippen molar-refractivity contribution < 1.29 is 19.4 Å². The first-order chi connectivity index (χ1) is 11.1. The number of benzene rings is 1. The Labute approximate surface area is 137 Å². The van der Waals surface area contributed by atoms with E-state index in [0.717, 1.165) is 36.4 Å². The lowest BCUT2D eigenvalue weighted by Gasteiger charge is -2.20. The second kappa shape index (κ2) is 6.79. The first kappa shape index (κ1) is 16.1. The summed E-state index contributed by atoms with van der Waals surface area (Å²) in [4.78, 5) is 13.6. The maximum absolute atomic E-state index is 11.5. The molecule has 23 heavy (non-hydrogen) atoms. The molecule has 2 aliphatic rings. The van der Waals surface area contributed by atoms with Gasteiger partial charge in [-0.15, -0.1) is 0 Å². The number of aliphatic carboxylic acids is 1. The molecule has 2 atom stereocenters. The summed E-state index contributed by atoms with van der Waals surface area (Å²) < 4.78 is 11.6. The molecule has 2 fully saturated rings. The molecule has 0 spiro atoms. The molecule has 1 N–H and O–H groups in total. The van der Waals surface area contributed by atoms with Gasteiger partial charge >= 0.3 is 5.97 Å². The molecule has 1 aromatic carbocycles. The molecule has 3 rings (SSSR count). The van der Waals surface area contributed by atoms with Crippen molar-refractivity contribution in [1.82, 2.24) is 4.90 Å².